The first-order valence-electron chi connectivity index (χ1n) is 5.53. The summed E-state index contributed by atoms with van der Waals surface area (Å²) in [7, 11) is 0. The van der Waals surface area contributed by atoms with E-state index in [0.717, 1.165) is 25.4 Å². The molecule has 0 radical (unpaired) electrons. The van der Waals surface area contributed by atoms with Crippen LogP contribution >= 0.6 is 0 Å². The molecule has 2 heteroatoms. The van der Waals surface area contributed by atoms with Gasteiger partial charge in [0.25, 0.3) is 0 Å². The SMILES string of the molecule is CCC(CC)CC1(N)CCOC1C. The van der Waals surface area contributed by atoms with Crippen LogP contribution in [0.2, 0.25) is 0 Å². The van der Waals surface area contributed by atoms with Crippen molar-refractivity contribution in [2.75, 3.05) is 6.61 Å². The Bertz CT molecular complexity index is 156. The predicted octanol–water partition coefficient (Wildman–Crippen LogP) is 2.32. The zero-order valence-corrected chi connectivity index (χ0v) is 9.18. The quantitative estimate of drug-likeness (QED) is 0.729. The van der Waals surface area contributed by atoms with Gasteiger partial charge in [-0.05, 0) is 25.7 Å². The topological polar surface area (TPSA) is 35.2 Å². The summed E-state index contributed by atoms with van der Waals surface area (Å²) in [6.07, 6.45) is 4.88. The third-order valence-electron chi connectivity index (χ3n) is 3.57. The molecule has 1 aliphatic heterocycles. The molecule has 1 aliphatic rings. The maximum atomic E-state index is 6.33. The smallest absolute Gasteiger partial charge is 0.0727 e. The summed E-state index contributed by atoms with van der Waals surface area (Å²) in [6.45, 7) is 7.45. The highest BCUT2D eigenvalue weighted by molar-refractivity contribution is 4.95. The van der Waals surface area contributed by atoms with Crippen LogP contribution < -0.4 is 5.73 Å². The molecular formula is C11H23NO. The summed E-state index contributed by atoms with van der Waals surface area (Å²) in [5.74, 6) is 0.772. The Morgan fingerprint density at radius 1 is 1.46 bits per heavy atom. The summed E-state index contributed by atoms with van der Waals surface area (Å²) in [5, 5.41) is 0. The van der Waals surface area contributed by atoms with Crippen LogP contribution in [-0.2, 0) is 4.74 Å². The van der Waals surface area contributed by atoms with Crippen molar-refractivity contribution in [3.8, 4) is 0 Å². The molecule has 1 saturated heterocycles. The van der Waals surface area contributed by atoms with E-state index in [-0.39, 0.29) is 11.6 Å². The van der Waals surface area contributed by atoms with E-state index in [4.69, 9.17) is 10.5 Å². The molecule has 0 aromatic carbocycles. The third-order valence-corrected chi connectivity index (χ3v) is 3.57. The van der Waals surface area contributed by atoms with E-state index >= 15 is 0 Å². The van der Waals surface area contributed by atoms with Gasteiger partial charge in [-0.25, -0.2) is 0 Å². The van der Waals surface area contributed by atoms with Crippen molar-refractivity contribution in [1.82, 2.24) is 0 Å². The van der Waals surface area contributed by atoms with Crippen molar-refractivity contribution in [2.24, 2.45) is 11.7 Å². The van der Waals surface area contributed by atoms with Crippen molar-refractivity contribution < 1.29 is 4.74 Å². The van der Waals surface area contributed by atoms with Gasteiger partial charge in [0.1, 0.15) is 0 Å². The van der Waals surface area contributed by atoms with E-state index < -0.39 is 0 Å². The third kappa shape index (κ3) is 2.44. The minimum atomic E-state index is -0.0450. The maximum Gasteiger partial charge on any atom is 0.0727 e. The normalized spacial score (nSPS) is 34.4. The van der Waals surface area contributed by atoms with E-state index in [1.54, 1.807) is 0 Å². The Kier molecular flexibility index (Phi) is 3.74. The first kappa shape index (κ1) is 11.0. The first-order chi connectivity index (χ1) is 6.12. The van der Waals surface area contributed by atoms with Crippen LogP contribution in [0.15, 0.2) is 0 Å². The highest BCUT2D eigenvalue weighted by Crippen LogP contribution is 2.31. The Balaban J connectivity index is 2.49. The fourth-order valence-electron chi connectivity index (χ4n) is 2.18. The van der Waals surface area contributed by atoms with Gasteiger partial charge in [0.2, 0.25) is 0 Å². The molecule has 0 bridgehead atoms. The monoisotopic (exact) mass is 185 g/mol. The van der Waals surface area contributed by atoms with E-state index in [1.807, 2.05) is 0 Å². The first-order valence-corrected chi connectivity index (χ1v) is 5.53. The molecule has 78 valence electrons. The fraction of sp³-hybridized carbons (Fsp3) is 1.00. The highest BCUT2D eigenvalue weighted by Gasteiger charge is 2.38. The van der Waals surface area contributed by atoms with Crippen molar-refractivity contribution in [3.63, 3.8) is 0 Å². The highest BCUT2D eigenvalue weighted by atomic mass is 16.5. The molecule has 13 heavy (non-hydrogen) atoms. The van der Waals surface area contributed by atoms with Gasteiger partial charge in [0.15, 0.2) is 0 Å². The number of ether oxygens (including phenoxy) is 1. The lowest BCUT2D eigenvalue weighted by Gasteiger charge is -2.31. The van der Waals surface area contributed by atoms with Gasteiger partial charge < -0.3 is 10.5 Å². The van der Waals surface area contributed by atoms with Crippen molar-refractivity contribution in [1.29, 1.82) is 0 Å². The second-order valence-electron chi connectivity index (χ2n) is 4.38. The Hall–Kier alpha value is -0.0800. The van der Waals surface area contributed by atoms with Gasteiger partial charge in [0.05, 0.1) is 6.10 Å². The van der Waals surface area contributed by atoms with Crippen LogP contribution in [0.3, 0.4) is 0 Å². The Labute approximate surface area is 81.8 Å². The minimum Gasteiger partial charge on any atom is -0.377 e. The molecule has 1 fully saturated rings. The lowest BCUT2D eigenvalue weighted by atomic mass is 9.81. The van der Waals surface area contributed by atoms with Gasteiger partial charge >= 0.3 is 0 Å². The van der Waals surface area contributed by atoms with Crippen LogP contribution in [0.1, 0.15) is 46.5 Å². The fourth-order valence-corrected chi connectivity index (χ4v) is 2.18. The number of hydrogen-bond acceptors (Lipinski definition) is 2. The number of hydrogen-bond donors (Lipinski definition) is 1. The molecule has 2 nitrogen and oxygen atoms in total. The van der Waals surface area contributed by atoms with Crippen LogP contribution in [0.5, 0.6) is 0 Å². The second-order valence-corrected chi connectivity index (χ2v) is 4.38. The van der Waals surface area contributed by atoms with Gasteiger partial charge in [-0.3, -0.25) is 0 Å². The lowest BCUT2D eigenvalue weighted by Crippen LogP contribution is -2.47. The molecule has 2 unspecified atom stereocenters. The molecule has 1 rings (SSSR count). The Morgan fingerprint density at radius 3 is 2.46 bits per heavy atom. The lowest BCUT2D eigenvalue weighted by molar-refractivity contribution is 0.0865. The largest absolute Gasteiger partial charge is 0.377 e. The van der Waals surface area contributed by atoms with Crippen molar-refractivity contribution in [3.05, 3.63) is 0 Å². The molecule has 0 saturated carbocycles. The second kappa shape index (κ2) is 4.43. The van der Waals surface area contributed by atoms with E-state index in [9.17, 15) is 0 Å². The van der Waals surface area contributed by atoms with Crippen LogP contribution in [0.4, 0.5) is 0 Å². The molecule has 1 heterocycles. The van der Waals surface area contributed by atoms with Gasteiger partial charge in [-0.1, -0.05) is 26.7 Å². The van der Waals surface area contributed by atoms with Gasteiger partial charge in [-0.2, -0.15) is 0 Å². The average molecular weight is 185 g/mol. The summed E-state index contributed by atoms with van der Waals surface area (Å²) in [6, 6.07) is 0. The molecule has 2 atom stereocenters. The van der Waals surface area contributed by atoms with Crippen LogP contribution in [0, 0.1) is 5.92 Å². The van der Waals surface area contributed by atoms with Crippen molar-refractivity contribution >= 4 is 0 Å². The Morgan fingerprint density at radius 2 is 2.08 bits per heavy atom. The molecule has 0 aliphatic carbocycles. The average Bonchev–Trinajstić information content (AvgIpc) is 2.44. The molecule has 0 aromatic rings. The molecule has 2 N–H and O–H groups in total. The zero-order valence-electron chi connectivity index (χ0n) is 9.18. The van der Waals surface area contributed by atoms with E-state index in [0.29, 0.717) is 0 Å². The molecule has 0 spiro atoms. The van der Waals surface area contributed by atoms with Gasteiger partial charge in [-0.15, -0.1) is 0 Å². The summed E-state index contributed by atoms with van der Waals surface area (Å²) in [5.41, 5.74) is 6.28. The molecule has 0 aromatic heterocycles. The number of rotatable bonds is 4. The van der Waals surface area contributed by atoms with Crippen LogP contribution in [0.25, 0.3) is 0 Å². The molecular weight excluding hydrogens is 162 g/mol. The van der Waals surface area contributed by atoms with Crippen LogP contribution in [-0.4, -0.2) is 18.2 Å². The predicted molar refractivity (Wildman–Crippen MR) is 55.6 cm³/mol. The summed E-state index contributed by atoms with van der Waals surface area (Å²) >= 11 is 0. The minimum absolute atomic E-state index is 0.0450. The maximum absolute atomic E-state index is 6.33. The van der Waals surface area contributed by atoms with E-state index in [2.05, 4.69) is 20.8 Å². The van der Waals surface area contributed by atoms with Gasteiger partial charge in [0, 0.05) is 12.1 Å². The zero-order chi connectivity index (χ0) is 9.90. The van der Waals surface area contributed by atoms with Crippen molar-refractivity contribution in [2.45, 2.75) is 58.1 Å². The van der Waals surface area contributed by atoms with E-state index in [1.165, 1.54) is 12.8 Å². The summed E-state index contributed by atoms with van der Waals surface area (Å²) < 4.78 is 5.53. The molecule has 0 amide bonds. The standard InChI is InChI=1S/C11H23NO/c1-4-10(5-2)8-11(12)6-7-13-9(11)3/h9-10H,4-8,12H2,1-3H3. The summed E-state index contributed by atoms with van der Waals surface area (Å²) in [4.78, 5) is 0. The number of nitrogens with two attached hydrogens (primary N) is 1.